The van der Waals surface area contributed by atoms with E-state index in [-0.39, 0.29) is 0 Å². The third kappa shape index (κ3) is 1.99. The van der Waals surface area contributed by atoms with E-state index in [1.807, 2.05) is 0 Å². The van der Waals surface area contributed by atoms with Gasteiger partial charge in [0.15, 0.2) is 5.11 Å². The summed E-state index contributed by atoms with van der Waals surface area (Å²) in [5.41, 5.74) is 0. The fraction of sp³-hybridized carbons (Fsp3) is 0.200. The van der Waals surface area contributed by atoms with Gasteiger partial charge >= 0.3 is 0 Å². The molecule has 2 N–H and O–H groups in total. The van der Waals surface area contributed by atoms with E-state index in [1.54, 1.807) is 7.05 Å². The molecule has 0 spiro atoms. The van der Waals surface area contributed by atoms with E-state index in [1.165, 1.54) is 6.33 Å². The number of thiocarbonyl (C=S) groups is 1. The van der Waals surface area contributed by atoms with E-state index in [9.17, 15) is 4.79 Å². The van der Waals surface area contributed by atoms with Crippen LogP contribution in [0.15, 0.2) is 6.33 Å². The van der Waals surface area contributed by atoms with Crippen molar-refractivity contribution in [1.29, 1.82) is 0 Å². The first kappa shape index (κ1) is 8.60. The Labute approximate surface area is 74.0 Å². The second kappa shape index (κ2) is 3.77. The van der Waals surface area contributed by atoms with Gasteiger partial charge in [-0.3, -0.25) is 10.1 Å². The summed E-state index contributed by atoms with van der Waals surface area (Å²) in [6.07, 6.45) is 1.83. The number of anilines is 1. The van der Waals surface area contributed by atoms with Crippen LogP contribution < -0.4 is 10.6 Å². The van der Waals surface area contributed by atoms with Gasteiger partial charge in [0.1, 0.15) is 6.33 Å². The molecule has 1 heterocycles. The number of nitrogens with zero attached hydrogens (tertiary/aromatic N) is 3. The van der Waals surface area contributed by atoms with Crippen molar-refractivity contribution in [2.75, 3.05) is 12.4 Å². The Kier molecular flexibility index (Phi) is 2.70. The van der Waals surface area contributed by atoms with Gasteiger partial charge in [0.2, 0.25) is 12.4 Å². The molecule has 7 heteroatoms. The lowest BCUT2D eigenvalue weighted by molar-refractivity contribution is 0.540. The predicted octanol–water partition coefficient (Wildman–Crippen LogP) is -0.767. The van der Waals surface area contributed by atoms with Gasteiger partial charge in [-0.25, -0.2) is 0 Å². The van der Waals surface area contributed by atoms with Crippen LogP contribution in [0.3, 0.4) is 0 Å². The van der Waals surface area contributed by atoms with E-state index in [0.29, 0.717) is 17.5 Å². The van der Waals surface area contributed by atoms with Crippen molar-refractivity contribution < 1.29 is 4.79 Å². The lowest BCUT2D eigenvalue weighted by atomic mass is 10.9. The Bertz CT molecular complexity index is 296. The predicted molar refractivity (Wildman–Crippen MR) is 47.5 cm³/mol. The highest BCUT2D eigenvalue weighted by Crippen LogP contribution is 1.93. The van der Waals surface area contributed by atoms with Crippen molar-refractivity contribution in [3.8, 4) is 0 Å². The molecule has 0 amide bonds. The molecule has 1 aromatic heterocycles. The Morgan fingerprint density at radius 3 is 3.08 bits per heavy atom. The summed E-state index contributed by atoms with van der Waals surface area (Å²) >= 11 is 4.78. The normalized spacial score (nSPS) is 9.08. The molecule has 0 fully saturated rings. The monoisotopic (exact) mass is 185 g/mol. The lowest BCUT2D eigenvalue weighted by Crippen LogP contribution is -2.24. The fourth-order valence-electron chi connectivity index (χ4n) is 0.547. The number of hydrogen-bond acceptors (Lipinski definition) is 4. The van der Waals surface area contributed by atoms with Crippen molar-refractivity contribution in [3.05, 3.63) is 6.33 Å². The molecule has 0 unspecified atom stereocenters. The maximum absolute atomic E-state index is 10.2. The summed E-state index contributed by atoms with van der Waals surface area (Å²) in [7, 11) is 1.67. The molecule has 0 saturated heterocycles. The maximum atomic E-state index is 10.2. The lowest BCUT2D eigenvalue weighted by Gasteiger charge is -2.00. The van der Waals surface area contributed by atoms with Gasteiger partial charge in [0.05, 0.1) is 0 Å². The third-order valence-corrected chi connectivity index (χ3v) is 1.38. The first-order valence-electron chi connectivity index (χ1n) is 3.11. The highest BCUT2D eigenvalue weighted by molar-refractivity contribution is 7.80. The third-order valence-electron chi connectivity index (χ3n) is 1.07. The van der Waals surface area contributed by atoms with Gasteiger partial charge in [0, 0.05) is 7.05 Å². The number of nitrogens with one attached hydrogen (secondary N) is 2. The van der Waals surface area contributed by atoms with E-state index in [4.69, 9.17) is 12.2 Å². The molecular weight excluding hydrogens is 178 g/mol. The summed E-state index contributed by atoms with van der Waals surface area (Å²) in [6.45, 7) is 0. The number of carbonyl (C=O) groups is 1. The highest BCUT2D eigenvalue weighted by atomic mass is 32.1. The molecule has 0 atom stereocenters. The van der Waals surface area contributed by atoms with Crippen LogP contribution in [0.25, 0.3) is 0 Å². The molecule has 12 heavy (non-hydrogen) atoms. The average Bonchev–Trinajstić information content (AvgIpc) is 2.52. The minimum absolute atomic E-state index is 0.293. The molecule has 0 radical (unpaired) electrons. The van der Waals surface area contributed by atoms with E-state index >= 15 is 0 Å². The molecule has 0 aliphatic heterocycles. The van der Waals surface area contributed by atoms with Crippen LogP contribution in [-0.4, -0.2) is 33.3 Å². The van der Waals surface area contributed by atoms with Gasteiger partial charge in [-0.2, -0.15) is 9.67 Å². The molecule has 0 aliphatic carbocycles. The molecule has 0 aromatic carbocycles. The standard InChI is InChI=1S/C5H7N5OS/c1-6-5(12)8-4-7-2-10(3-11)9-4/h2-3H,1H3,(H2,6,8,9,12). The minimum Gasteiger partial charge on any atom is -0.365 e. The van der Waals surface area contributed by atoms with Gasteiger partial charge in [0.25, 0.3) is 0 Å². The first-order chi connectivity index (χ1) is 5.76. The molecular formula is C5H7N5OS. The van der Waals surface area contributed by atoms with Crippen LogP contribution >= 0.6 is 12.2 Å². The largest absolute Gasteiger partial charge is 0.365 e. The van der Waals surface area contributed by atoms with Crippen LogP contribution in [0.1, 0.15) is 0 Å². The quantitative estimate of drug-likeness (QED) is 0.466. The van der Waals surface area contributed by atoms with Crippen molar-refractivity contribution >= 4 is 29.7 Å². The summed E-state index contributed by atoms with van der Waals surface area (Å²) in [4.78, 5) is 13.9. The number of hydrogen-bond donors (Lipinski definition) is 2. The molecule has 1 rings (SSSR count). The first-order valence-corrected chi connectivity index (χ1v) is 3.52. The van der Waals surface area contributed by atoms with Gasteiger partial charge in [-0.1, -0.05) is 0 Å². The van der Waals surface area contributed by atoms with Gasteiger partial charge in [-0.15, -0.1) is 5.10 Å². The summed E-state index contributed by atoms with van der Waals surface area (Å²) < 4.78 is 1.04. The Hall–Kier alpha value is -1.50. The molecule has 0 bridgehead atoms. The maximum Gasteiger partial charge on any atom is 0.248 e. The van der Waals surface area contributed by atoms with E-state index in [2.05, 4.69) is 20.7 Å². The summed E-state index contributed by atoms with van der Waals surface area (Å²) in [5.74, 6) is 0.293. The van der Waals surface area contributed by atoms with Gasteiger partial charge < -0.3 is 5.32 Å². The van der Waals surface area contributed by atoms with Crippen LogP contribution in [0, 0.1) is 0 Å². The van der Waals surface area contributed by atoms with Crippen molar-refractivity contribution in [2.45, 2.75) is 0 Å². The molecule has 1 aromatic rings. The average molecular weight is 185 g/mol. The van der Waals surface area contributed by atoms with Crippen LogP contribution in [-0.2, 0) is 4.79 Å². The number of aromatic nitrogens is 3. The van der Waals surface area contributed by atoms with Crippen molar-refractivity contribution in [1.82, 2.24) is 20.1 Å². The van der Waals surface area contributed by atoms with E-state index in [0.717, 1.165) is 4.68 Å². The van der Waals surface area contributed by atoms with E-state index < -0.39 is 0 Å². The second-order valence-corrected chi connectivity index (χ2v) is 2.27. The van der Waals surface area contributed by atoms with Gasteiger partial charge in [-0.05, 0) is 12.2 Å². The molecule has 0 aliphatic rings. The highest BCUT2D eigenvalue weighted by Gasteiger charge is 1.99. The Morgan fingerprint density at radius 2 is 2.58 bits per heavy atom. The summed E-state index contributed by atoms with van der Waals surface area (Å²) in [5, 5.41) is 9.47. The topological polar surface area (TPSA) is 71.8 Å². The van der Waals surface area contributed by atoms with Crippen molar-refractivity contribution in [3.63, 3.8) is 0 Å². The molecule has 64 valence electrons. The van der Waals surface area contributed by atoms with Crippen LogP contribution in [0.4, 0.5) is 5.95 Å². The van der Waals surface area contributed by atoms with Crippen molar-refractivity contribution in [2.24, 2.45) is 0 Å². The number of rotatable bonds is 2. The Balaban J connectivity index is 2.63. The minimum atomic E-state index is 0.293. The number of carbonyl (C=O) groups excluding carboxylic acids is 1. The molecule has 6 nitrogen and oxygen atoms in total. The smallest absolute Gasteiger partial charge is 0.248 e. The zero-order chi connectivity index (χ0) is 8.97. The SMILES string of the molecule is CNC(=S)Nc1ncn(C=O)n1. The zero-order valence-electron chi connectivity index (χ0n) is 6.31. The Morgan fingerprint density at radius 1 is 1.83 bits per heavy atom. The zero-order valence-corrected chi connectivity index (χ0v) is 7.13. The summed E-state index contributed by atoms with van der Waals surface area (Å²) in [6, 6.07) is 0. The van der Waals surface area contributed by atoms with Crippen LogP contribution in [0.5, 0.6) is 0 Å². The van der Waals surface area contributed by atoms with Crippen LogP contribution in [0.2, 0.25) is 0 Å². The fourth-order valence-corrected chi connectivity index (χ4v) is 0.638. The second-order valence-electron chi connectivity index (χ2n) is 1.86. The molecule has 0 saturated carbocycles.